The lowest BCUT2D eigenvalue weighted by Gasteiger charge is -2.19. The number of nitrogens with zero attached hydrogens (tertiary/aromatic N) is 3. The third-order valence-corrected chi connectivity index (χ3v) is 8.05. The molecule has 0 saturated heterocycles. The van der Waals surface area contributed by atoms with Crippen LogP contribution in [0.15, 0.2) is 134 Å². The summed E-state index contributed by atoms with van der Waals surface area (Å²) in [6.45, 7) is 1.90. The van der Waals surface area contributed by atoms with E-state index in [-0.39, 0.29) is 0 Å². The Labute approximate surface area is 237 Å². The van der Waals surface area contributed by atoms with Gasteiger partial charge < -0.3 is 0 Å². The average Bonchev–Trinajstić information content (AvgIpc) is 3.03. The van der Waals surface area contributed by atoms with E-state index in [9.17, 15) is 0 Å². The monoisotopic (exact) mass is 523 g/mol. The van der Waals surface area contributed by atoms with Crippen molar-refractivity contribution in [1.82, 2.24) is 15.0 Å². The third-order valence-electron chi connectivity index (χ3n) is 8.05. The van der Waals surface area contributed by atoms with E-state index in [4.69, 9.17) is 0 Å². The number of fused-ring (bicyclic) bond motifs is 4. The fraction of sp³-hybridized carbons (Fsp3) is 0.0263. The average molecular weight is 524 g/mol. The van der Waals surface area contributed by atoms with Crippen LogP contribution in [-0.4, -0.2) is 15.0 Å². The SMILES string of the molecule is Cc1ncnc(-c2ccc3c(-c4ccc5ccccc5c4)c4ccccc4c(-c4ccc5ccccc5c4)c3c2)n1. The molecule has 0 fully saturated rings. The van der Waals surface area contributed by atoms with Gasteiger partial charge in [-0.3, -0.25) is 0 Å². The highest BCUT2D eigenvalue weighted by atomic mass is 15.0. The lowest BCUT2D eigenvalue weighted by atomic mass is 9.84. The third kappa shape index (κ3) is 3.94. The Balaban J connectivity index is 1.51. The smallest absolute Gasteiger partial charge is 0.162 e. The summed E-state index contributed by atoms with van der Waals surface area (Å²) in [5.41, 5.74) is 5.84. The lowest BCUT2D eigenvalue weighted by molar-refractivity contribution is 0.983. The molecule has 8 rings (SSSR count). The summed E-state index contributed by atoms with van der Waals surface area (Å²) < 4.78 is 0. The first-order chi connectivity index (χ1) is 20.2. The molecule has 8 aromatic rings. The minimum absolute atomic E-state index is 0.685. The van der Waals surface area contributed by atoms with E-state index in [1.54, 1.807) is 6.33 Å². The molecular weight excluding hydrogens is 498 g/mol. The Morgan fingerprint density at radius 2 is 0.927 bits per heavy atom. The Morgan fingerprint density at radius 3 is 1.54 bits per heavy atom. The van der Waals surface area contributed by atoms with E-state index in [0.29, 0.717) is 11.6 Å². The zero-order chi connectivity index (χ0) is 27.3. The van der Waals surface area contributed by atoms with Crippen LogP contribution in [0.25, 0.3) is 76.7 Å². The Kier molecular flexibility index (Phi) is 5.36. The van der Waals surface area contributed by atoms with Crippen molar-refractivity contribution in [2.45, 2.75) is 6.92 Å². The van der Waals surface area contributed by atoms with Crippen LogP contribution >= 0.6 is 0 Å². The number of benzene rings is 7. The zero-order valence-electron chi connectivity index (χ0n) is 22.5. The first-order valence-electron chi connectivity index (χ1n) is 13.9. The molecule has 7 aromatic carbocycles. The Hall–Kier alpha value is -5.41. The zero-order valence-corrected chi connectivity index (χ0v) is 22.5. The number of rotatable bonds is 3. The molecule has 0 bridgehead atoms. The first-order valence-corrected chi connectivity index (χ1v) is 13.9. The van der Waals surface area contributed by atoms with E-state index < -0.39 is 0 Å². The standard InChI is InChI=1S/C38H25N3/c1-24-39-23-40-38(41-24)31-18-19-34-35(22-31)37(30-17-15-26-9-3-5-11-28(26)21-30)33-13-7-6-12-32(33)36(34)29-16-14-25-8-2-4-10-27(25)20-29/h2-23H,1H3. The molecule has 0 spiro atoms. The number of aromatic nitrogens is 3. The van der Waals surface area contributed by atoms with Crippen molar-refractivity contribution in [2.75, 3.05) is 0 Å². The van der Waals surface area contributed by atoms with Crippen molar-refractivity contribution in [3.63, 3.8) is 0 Å². The maximum Gasteiger partial charge on any atom is 0.162 e. The largest absolute Gasteiger partial charge is 0.222 e. The van der Waals surface area contributed by atoms with Crippen molar-refractivity contribution in [2.24, 2.45) is 0 Å². The molecule has 192 valence electrons. The van der Waals surface area contributed by atoms with Gasteiger partial charge in [0.15, 0.2) is 5.82 Å². The second kappa shape index (κ2) is 9.35. The van der Waals surface area contributed by atoms with Crippen LogP contribution < -0.4 is 0 Å². The van der Waals surface area contributed by atoms with Gasteiger partial charge in [-0.2, -0.15) is 0 Å². The van der Waals surface area contributed by atoms with Crippen molar-refractivity contribution >= 4 is 43.1 Å². The molecule has 1 aromatic heterocycles. The molecule has 3 nitrogen and oxygen atoms in total. The normalized spacial score (nSPS) is 11.5. The van der Waals surface area contributed by atoms with Gasteiger partial charge in [-0.05, 0) is 90.5 Å². The minimum Gasteiger partial charge on any atom is -0.222 e. The van der Waals surface area contributed by atoms with E-state index in [2.05, 4.69) is 142 Å². The maximum absolute atomic E-state index is 4.65. The molecule has 0 radical (unpaired) electrons. The van der Waals surface area contributed by atoms with Gasteiger partial charge in [0.25, 0.3) is 0 Å². The van der Waals surface area contributed by atoms with Gasteiger partial charge in [-0.1, -0.05) is 109 Å². The molecule has 0 N–H and O–H groups in total. The van der Waals surface area contributed by atoms with Crippen molar-refractivity contribution in [3.8, 4) is 33.6 Å². The van der Waals surface area contributed by atoms with Crippen LogP contribution in [0.2, 0.25) is 0 Å². The van der Waals surface area contributed by atoms with Crippen molar-refractivity contribution < 1.29 is 0 Å². The van der Waals surface area contributed by atoms with Gasteiger partial charge in [0.1, 0.15) is 12.2 Å². The van der Waals surface area contributed by atoms with Crippen LogP contribution in [-0.2, 0) is 0 Å². The lowest BCUT2D eigenvalue weighted by Crippen LogP contribution is -1.95. The highest BCUT2D eigenvalue weighted by molar-refractivity contribution is 6.22. The van der Waals surface area contributed by atoms with E-state index in [0.717, 1.165) is 5.56 Å². The Bertz CT molecular complexity index is 2280. The molecular formula is C38H25N3. The quantitative estimate of drug-likeness (QED) is 0.216. The molecule has 0 aliphatic carbocycles. The topological polar surface area (TPSA) is 38.7 Å². The van der Waals surface area contributed by atoms with Crippen LogP contribution in [0.5, 0.6) is 0 Å². The highest BCUT2D eigenvalue weighted by Gasteiger charge is 2.18. The fourth-order valence-electron chi connectivity index (χ4n) is 6.15. The molecule has 41 heavy (non-hydrogen) atoms. The summed E-state index contributed by atoms with van der Waals surface area (Å²) in [5.74, 6) is 1.39. The first kappa shape index (κ1) is 23.5. The molecule has 0 amide bonds. The van der Waals surface area contributed by atoms with E-state index in [1.165, 1.54) is 65.3 Å². The van der Waals surface area contributed by atoms with Crippen LogP contribution in [0.4, 0.5) is 0 Å². The predicted octanol–water partition coefficient (Wildman–Crippen LogP) is 9.79. The number of hydrogen-bond donors (Lipinski definition) is 0. The fourth-order valence-corrected chi connectivity index (χ4v) is 6.15. The summed E-state index contributed by atoms with van der Waals surface area (Å²) >= 11 is 0. The molecule has 3 heteroatoms. The van der Waals surface area contributed by atoms with Crippen molar-refractivity contribution in [3.05, 3.63) is 140 Å². The summed E-state index contributed by atoms with van der Waals surface area (Å²) in [6, 6.07) is 46.1. The highest BCUT2D eigenvalue weighted by Crippen LogP contribution is 2.45. The van der Waals surface area contributed by atoms with Crippen LogP contribution in [0, 0.1) is 6.92 Å². The second-order valence-corrected chi connectivity index (χ2v) is 10.5. The second-order valence-electron chi connectivity index (χ2n) is 10.5. The predicted molar refractivity (Wildman–Crippen MR) is 171 cm³/mol. The molecule has 0 saturated carbocycles. The van der Waals surface area contributed by atoms with Crippen molar-refractivity contribution in [1.29, 1.82) is 0 Å². The van der Waals surface area contributed by atoms with Crippen LogP contribution in [0.3, 0.4) is 0 Å². The van der Waals surface area contributed by atoms with Crippen LogP contribution in [0.1, 0.15) is 5.82 Å². The van der Waals surface area contributed by atoms with E-state index in [1.807, 2.05) is 6.92 Å². The number of hydrogen-bond acceptors (Lipinski definition) is 3. The van der Waals surface area contributed by atoms with E-state index >= 15 is 0 Å². The summed E-state index contributed by atoms with van der Waals surface area (Å²) in [5, 5.41) is 9.78. The van der Waals surface area contributed by atoms with Gasteiger partial charge in [0.2, 0.25) is 0 Å². The summed E-state index contributed by atoms with van der Waals surface area (Å²) in [6.07, 6.45) is 1.59. The Morgan fingerprint density at radius 1 is 0.415 bits per heavy atom. The van der Waals surface area contributed by atoms with Gasteiger partial charge in [-0.15, -0.1) is 0 Å². The molecule has 1 heterocycles. The van der Waals surface area contributed by atoms with Gasteiger partial charge >= 0.3 is 0 Å². The summed E-state index contributed by atoms with van der Waals surface area (Å²) in [7, 11) is 0. The molecule has 0 aliphatic heterocycles. The molecule has 0 unspecified atom stereocenters. The maximum atomic E-state index is 4.65. The van der Waals surface area contributed by atoms with Gasteiger partial charge in [0.05, 0.1) is 0 Å². The van der Waals surface area contributed by atoms with Gasteiger partial charge in [-0.25, -0.2) is 15.0 Å². The minimum atomic E-state index is 0.685. The molecule has 0 aliphatic rings. The number of aryl methyl sites for hydroxylation is 1. The summed E-state index contributed by atoms with van der Waals surface area (Å²) in [4.78, 5) is 13.4. The van der Waals surface area contributed by atoms with Gasteiger partial charge in [0, 0.05) is 5.56 Å². The molecule has 0 atom stereocenters.